The number of nitrogens with zero attached hydrogens (tertiary/aromatic N) is 5. The molecule has 0 saturated heterocycles. The minimum Gasteiger partial charge on any atom is -0.337 e. The summed E-state index contributed by atoms with van der Waals surface area (Å²) in [5, 5.41) is 0.978. The Morgan fingerprint density at radius 1 is 1.06 bits per heavy atom. The van der Waals surface area contributed by atoms with Crippen LogP contribution in [0, 0.1) is 0 Å². The quantitative estimate of drug-likeness (QED) is 0.342. The molecule has 0 saturated carbocycles. The van der Waals surface area contributed by atoms with Gasteiger partial charge in [0.2, 0.25) is 5.91 Å². The maximum absolute atomic E-state index is 13.4. The highest BCUT2D eigenvalue weighted by Crippen LogP contribution is 2.33. The second-order valence-electron chi connectivity index (χ2n) is 7.52. The maximum atomic E-state index is 13.4. The SMILES string of the molecule is Cl.O=C1c2ccccc2C(=O)N1CC(=O)N(CCCn1ccnc1)c1nc2c(Cl)cccc2s1. The molecule has 4 aromatic rings. The summed E-state index contributed by atoms with van der Waals surface area (Å²) in [6, 6.07) is 12.1. The first-order valence-corrected chi connectivity index (χ1v) is 11.5. The number of rotatable bonds is 7. The molecule has 34 heavy (non-hydrogen) atoms. The Kier molecular flexibility index (Phi) is 6.97. The molecule has 5 rings (SSSR count). The fourth-order valence-corrected chi connectivity index (χ4v) is 5.09. The van der Waals surface area contributed by atoms with Gasteiger partial charge in [-0.05, 0) is 30.7 Å². The van der Waals surface area contributed by atoms with E-state index in [4.69, 9.17) is 11.6 Å². The smallest absolute Gasteiger partial charge is 0.262 e. The molecule has 0 aliphatic carbocycles. The predicted molar refractivity (Wildman–Crippen MR) is 133 cm³/mol. The van der Waals surface area contributed by atoms with Gasteiger partial charge in [0.05, 0.1) is 27.2 Å². The van der Waals surface area contributed by atoms with Gasteiger partial charge in [-0.2, -0.15) is 0 Å². The van der Waals surface area contributed by atoms with Crippen LogP contribution in [0.25, 0.3) is 10.2 Å². The summed E-state index contributed by atoms with van der Waals surface area (Å²) >= 11 is 7.63. The Morgan fingerprint density at radius 2 is 1.79 bits per heavy atom. The Balaban J connectivity index is 0.00000274. The van der Waals surface area contributed by atoms with Crippen molar-refractivity contribution in [2.75, 3.05) is 18.0 Å². The number of imidazole rings is 1. The van der Waals surface area contributed by atoms with Crippen molar-refractivity contribution >= 4 is 68.4 Å². The van der Waals surface area contributed by atoms with Crippen LogP contribution in [0.15, 0.2) is 61.2 Å². The molecule has 3 amide bonds. The molecule has 2 aromatic carbocycles. The largest absolute Gasteiger partial charge is 0.337 e. The lowest BCUT2D eigenvalue weighted by Gasteiger charge is -2.22. The van der Waals surface area contributed by atoms with Crippen molar-refractivity contribution in [1.29, 1.82) is 0 Å². The molecule has 2 aromatic heterocycles. The summed E-state index contributed by atoms with van der Waals surface area (Å²) in [6.45, 7) is 0.654. The number of aromatic nitrogens is 3. The van der Waals surface area contributed by atoms with Crippen LogP contribution in [-0.2, 0) is 11.3 Å². The van der Waals surface area contributed by atoms with E-state index in [2.05, 4.69) is 9.97 Å². The fraction of sp³-hybridized carbons (Fsp3) is 0.174. The lowest BCUT2D eigenvalue weighted by atomic mass is 10.1. The van der Waals surface area contributed by atoms with E-state index in [1.807, 2.05) is 22.9 Å². The van der Waals surface area contributed by atoms with Gasteiger partial charge in [-0.1, -0.05) is 41.1 Å². The number of anilines is 1. The van der Waals surface area contributed by atoms with Gasteiger partial charge >= 0.3 is 0 Å². The van der Waals surface area contributed by atoms with Gasteiger partial charge in [0.1, 0.15) is 12.1 Å². The third-order valence-electron chi connectivity index (χ3n) is 5.42. The minimum atomic E-state index is -0.463. The highest BCUT2D eigenvalue weighted by Gasteiger charge is 2.37. The molecule has 11 heteroatoms. The lowest BCUT2D eigenvalue weighted by molar-refractivity contribution is -0.119. The first kappa shape index (κ1) is 23.9. The van der Waals surface area contributed by atoms with E-state index < -0.39 is 11.8 Å². The van der Waals surface area contributed by atoms with Crippen LogP contribution >= 0.6 is 35.3 Å². The van der Waals surface area contributed by atoms with Gasteiger partial charge in [0.15, 0.2) is 5.13 Å². The fourth-order valence-electron chi connectivity index (χ4n) is 3.78. The summed E-state index contributed by atoms with van der Waals surface area (Å²) in [5.74, 6) is -1.31. The van der Waals surface area contributed by atoms with Crippen LogP contribution in [0.5, 0.6) is 0 Å². The summed E-state index contributed by atoms with van der Waals surface area (Å²) in [7, 11) is 0. The summed E-state index contributed by atoms with van der Waals surface area (Å²) in [5.41, 5.74) is 1.25. The van der Waals surface area contributed by atoms with Crippen molar-refractivity contribution < 1.29 is 14.4 Å². The zero-order chi connectivity index (χ0) is 22.9. The third-order valence-corrected chi connectivity index (χ3v) is 6.77. The number of para-hydroxylation sites is 1. The van der Waals surface area contributed by atoms with Crippen molar-refractivity contribution in [2.24, 2.45) is 0 Å². The second-order valence-corrected chi connectivity index (χ2v) is 8.94. The predicted octanol–water partition coefficient (Wildman–Crippen LogP) is 4.29. The van der Waals surface area contributed by atoms with Crippen molar-refractivity contribution in [3.63, 3.8) is 0 Å². The van der Waals surface area contributed by atoms with Crippen LogP contribution in [0.1, 0.15) is 27.1 Å². The average molecular weight is 516 g/mol. The number of amides is 3. The van der Waals surface area contributed by atoms with Gasteiger partial charge in [0.25, 0.3) is 11.8 Å². The van der Waals surface area contributed by atoms with E-state index in [1.165, 1.54) is 16.2 Å². The summed E-state index contributed by atoms with van der Waals surface area (Å²) in [4.78, 5) is 50.0. The van der Waals surface area contributed by atoms with Crippen LogP contribution < -0.4 is 4.90 Å². The molecule has 1 aliphatic heterocycles. The standard InChI is InChI=1S/C23H18ClN5O3S.ClH/c24-17-7-3-8-18-20(17)26-23(33-18)28(11-4-10-27-12-9-25-14-27)19(30)13-29-21(31)15-5-1-2-6-16(15)22(29)32;/h1-3,5-9,12,14H,4,10-11,13H2;1H. The highest BCUT2D eigenvalue weighted by molar-refractivity contribution is 7.22. The van der Waals surface area contributed by atoms with Gasteiger partial charge < -0.3 is 4.57 Å². The molecule has 174 valence electrons. The monoisotopic (exact) mass is 515 g/mol. The number of hydrogen-bond donors (Lipinski definition) is 0. The number of carbonyl (C=O) groups is 3. The third kappa shape index (κ3) is 4.42. The molecule has 0 atom stereocenters. The Hall–Kier alpha value is -3.27. The number of thiazole rings is 1. The van der Waals surface area contributed by atoms with E-state index in [0.717, 1.165) is 9.60 Å². The molecular weight excluding hydrogens is 497 g/mol. The van der Waals surface area contributed by atoms with E-state index in [9.17, 15) is 14.4 Å². The number of aryl methyl sites for hydroxylation is 1. The minimum absolute atomic E-state index is 0. The van der Waals surface area contributed by atoms with E-state index >= 15 is 0 Å². The van der Waals surface area contributed by atoms with Gasteiger partial charge in [-0.25, -0.2) is 9.97 Å². The molecule has 0 radical (unpaired) electrons. The van der Waals surface area contributed by atoms with Crippen LogP contribution in [0.2, 0.25) is 5.02 Å². The molecule has 3 heterocycles. The van der Waals surface area contributed by atoms with E-state index in [-0.39, 0.29) is 24.9 Å². The second kappa shape index (κ2) is 9.92. The number of halogens is 2. The molecule has 0 unspecified atom stereocenters. The number of benzene rings is 2. The van der Waals surface area contributed by atoms with Crippen LogP contribution in [0.4, 0.5) is 5.13 Å². The zero-order valence-corrected chi connectivity index (χ0v) is 20.1. The molecule has 0 fully saturated rings. The van der Waals surface area contributed by atoms with Gasteiger partial charge in [0, 0.05) is 25.5 Å². The zero-order valence-electron chi connectivity index (χ0n) is 17.8. The molecule has 0 bridgehead atoms. The van der Waals surface area contributed by atoms with Gasteiger partial charge in [-0.15, -0.1) is 12.4 Å². The van der Waals surface area contributed by atoms with Crippen molar-refractivity contribution in [1.82, 2.24) is 19.4 Å². The number of imide groups is 1. The number of carbonyl (C=O) groups excluding carboxylic acids is 3. The van der Waals surface area contributed by atoms with Crippen LogP contribution in [-0.4, -0.2) is 50.2 Å². The van der Waals surface area contributed by atoms with Gasteiger partial charge in [-0.3, -0.25) is 24.2 Å². The molecule has 0 N–H and O–H groups in total. The Bertz CT molecular complexity index is 1340. The lowest BCUT2D eigenvalue weighted by Crippen LogP contribution is -2.43. The van der Waals surface area contributed by atoms with Crippen molar-refractivity contribution in [3.05, 3.63) is 77.3 Å². The average Bonchev–Trinajstić information content (AvgIpc) is 3.54. The molecule has 1 aliphatic rings. The number of fused-ring (bicyclic) bond motifs is 2. The Morgan fingerprint density at radius 3 is 2.44 bits per heavy atom. The number of hydrogen-bond acceptors (Lipinski definition) is 6. The Labute approximate surface area is 210 Å². The van der Waals surface area contributed by atoms with E-state index in [1.54, 1.807) is 42.9 Å². The molecule has 8 nitrogen and oxygen atoms in total. The molecule has 0 spiro atoms. The maximum Gasteiger partial charge on any atom is 0.262 e. The van der Waals surface area contributed by atoms with Crippen molar-refractivity contribution in [3.8, 4) is 0 Å². The van der Waals surface area contributed by atoms with Crippen LogP contribution in [0.3, 0.4) is 0 Å². The topological polar surface area (TPSA) is 88.4 Å². The van der Waals surface area contributed by atoms with Crippen molar-refractivity contribution in [2.45, 2.75) is 13.0 Å². The normalized spacial score (nSPS) is 12.7. The summed E-state index contributed by atoms with van der Waals surface area (Å²) < 4.78 is 2.77. The summed E-state index contributed by atoms with van der Waals surface area (Å²) in [6.07, 6.45) is 5.89. The molecular formula is C23H19Cl2N5O3S. The highest BCUT2D eigenvalue weighted by atomic mass is 35.5. The van der Waals surface area contributed by atoms with E-state index in [0.29, 0.717) is 46.3 Å². The first-order valence-electron chi connectivity index (χ1n) is 10.3. The first-order chi connectivity index (χ1) is 16.0.